The molecule has 0 saturated heterocycles. The Bertz CT molecular complexity index is 407. The summed E-state index contributed by atoms with van der Waals surface area (Å²) in [6.07, 6.45) is 1.13. The number of rotatable bonds is 4. The van der Waals surface area contributed by atoms with Crippen molar-refractivity contribution in [3.8, 4) is 5.75 Å². The van der Waals surface area contributed by atoms with Crippen molar-refractivity contribution < 1.29 is 14.6 Å². The zero-order chi connectivity index (χ0) is 12.1. The lowest BCUT2D eigenvalue weighted by Crippen LogP contribution is -2.02. The molecule has 0 aliphatic rings. The third-order valence-electron chi connectivity index (χ3n) is 1.73. The van der Waals surface area contributed by atoms with Crippen LogP contribution >= 0.6 is 31.9 Å². The van der Waals surface area contributed by atoms with E-state index in [4.69, 9.17) is 9.84 Å². The molecule has 0 amide bonds. The molecule has 3 nitrogen and oxygen atoms in total. The van der Waals surface area contributed by atoms with Crippen molar-refractivity contribution in [2.75, 3.05) is 6.61 Å². The first kappa shape index (κ1) is 13.3. The van der Waals surface area contributed by atoms with Crippen molar-refractivity contribution >= 4 is 37.8 Å². The number of para-hydroxylation sites is 1. The standard InChI is InChI=1S/C11H10Br2O3/c1-7(5-10(14)15)6-16-11-8(12)3-2-4-9(11)13/h2-5H,6H2,1H3,(H,14,15). The van der Waals surface area contributed by atoms with E-state index in [0.717, 1.165) is 15.0 Å². The summed E-state index contributed by atoms with van der Waals surface area (Å²) in [5.74, 6) is -0.298. The molecular weight excluding hydrogens is 340 g/mol. The molecule has 86 valence electrons. The molecule has 0 spiro atoms. The number of carboxylic acids is 1. The van der Waals surface area contributed by atoms with Crippen molar-refractivity contribution in [1.29, 1.82) is 0 Å². The molecule has 0 bridgehead atoms. The van der Waals surface area contributed by atoms with Gasteiger partial charge >= 0.3 is 5.97 Å². The normalized spacial score (nSPS) is 11.3. The summed E-state index contributed by atoms with van der Waals surface area (Å²) in [4.78, 5) is 10.4. The highest BCUT2D eigenvalue weighted by molar-refractivity contribution is 9.11. The van der Waals surface area contributed by atoms with Crippen LogP contribution in [0.4, 0.5) is 0 Å². The van der Waals surface area contributed by atoms with Crippen LogP contribution in [-0.4, -0.2) is 17.7 Å². The van der Waals surface area contributed by atoms with E-state index < -0.39 is 5.97 Å². The van der Waals surface area contributed by atoms with Crippen molar-refractivity contribution in [2.24, 2.45) is 0 Å². The Morgan fingerprint density at radius 3 is 2.50 bits per heavy atom. The van der Waals surface area contributed by atoms with Crippen LogP contribution in [0.5, 0.6) is 5.75 Å². The van der Waals surface area contributed by atoms with Crippen LogP contribution in [0.1, 0.15) is 6.92 Å². The van der Waals surface area contributed by atoms with E-state index in [1.165, 1.54) is 0 Å². The van der Waals surface area contributed by atoms with Gasteiger partial charge in [-0.05, 0) is 56.5 Å². The smallest absolute Gasteiger partial charge is 0.328 e. The maximum Gasteiger partial charge on any atom is 0.328 e. The summed E-state index contributed by atoms with van der Waals surface area (Å²) in [5.41, 5.74) is 0.648. The SMILES string of the molecule is CC(=CC(=O)O)COc1c(Br)cccc1Br. The molecule has 0 atom stereocenters. The molecule has 5 heteroatoms. The molecule has 0 radical (unpaired) electrons. The summed E-state index contributed by atoms with van der Waals surface area (Å²) < 4.78 is 7.15. The van der Waals surface area contributed by atoms with Crippen LogP contribution < -0.4 is 4.74 Å². The molecule has 0 saturated carbocycles. The fourth-order valence-corrected chi connectivity index (χ4v) is 2.29. The summed E-state index contributed by atoms with van der Waals surface area (Å²) in [6, 6.07) is 5.59. The molecule has 1 aromatic carbocycles. The van der Waals surface area contributed by atoms with E-state index in [1.54, 1.807) is 6.92 Å². The Balaban J connectivity index is 2.72. The average molecular weight is 350 g/mol. The molecule has 0 fully saturated rings. The number of carboxylic acid groups (broad SMARTS) is 1. The molecule has 0 aromatic heterocycles. The second-order valence-corrected chi connectivity index (χ2v) is 4.88. The van der Waals surface area contributed by atoms with Crippen LogP contribution in [0.3, 0.4) is 0 Å². The van der Waals surface area contributed by atoms with Gasteiger partial charge in [-0.15, -0.1) is 0 Å². The quantitative estimate of drug-likeness (QED) is 0.844. The minimum Gasteiger partial charge on any atom is -0.487 e. The van der Waals surface area contributed by atoms with Gasteiger partial charge in [-0.25, -0.2) is 4.79 Å². The lowest BCUT2D eigenvalue weighted by atomic mass is 10.3. The highest BCUT2D eigenvalue weighted by atomic mass is 79.9. The van der Waals surface area contributed by atoms with E-state index in [2.05, 4.69) is 31.9 Å². The molecular formula is C11H10Br2O3. The molecule has 0 aliphatic heterocycles. The van der Waals surface area contributed by atoms with Gasteiger partial charge in [0.25, 0.3) is 0 Å². The Morgan fingerprint density at radius 1 is 1.44 bits per heavy atom. The second kappa shape index (κ2) is 6.06. The van der Waals surface area contributed by atoms with Gasteiger partial charge in [-0.3, -0.25) is 0 Å². The van der Waals surface area contributed by atoms with E-state index in [1.807, 2.05) is 18.2 Å². The first-order valence-corrected chi connectivity index (χ1v) is 6.06. The van der Waals surface area contributed by atoms with Crippen LogP contribution in [-0.2, 0) is 4.79 Å². The van der Waals surface area contributed by atoms with Gasteiger partial charge in [0.05, 0.1) is 8.95 Å². The van der Waals surface area contributed by atoms with E-state index in [9.17, 15) is 4.79 Å². The van der Waals surface area contributed by atoms with Gasteiger partial charge in [-0.2, -0.15) is 0 Å². The van der Waals surface area contributed by atoms with Crippen LogP contribution in [0.25, 0.3) is 0 Å². The monoisotopic (exact) mass is 348 g/mol. The van der Waals surface area contributed by atoms with Gasteiger partial charge in [0.2, 0.25) is 0 Å². The number of carbonyl (C=O) groups is 1. The average Bonchev–Trinajstić information content (AvgIpc) is 2.15. The third kappa shape index (κ3) is 3.98. The summed E-state index contributed by atoms with van der Waals surface area (Å²) in [7, 11) is 0. The van der Waals surface area contributed by atoms with Crippen molar-refractivity contribution in [3.63, 3.8) is 0 Å². The Hall–Kier alpha value is -0.810. The minimum absolute atomic E-state index is 0.244. The number of hydrogen-bond donors (Lipinski definition) is 1. The maximum absolute atomic E-state index is 10.4. The second-order valence-electron chi connectivity index (χ2n) is 3.17. The number of benzene rings is 1. The van der Waals surface area contributed by atoms with Crippen molar-refractivity contribution in [1.82, 2.24) is 0 Å². The highest BCUT2D eigenvalue weighted by Gasteiger charge is 2.06. The fraction of sp³-hybridized carbons (Fsp3) is 0.182. The Morgan fingerprint density at radius 2 is 2.00 bits per heavy atom. The minimum atomic E-state index is -0.965. The predicted octanol–water partition coefficient (Wildman–Crippen LogP) is 3.62. The molecule has 16 heavy (non-hydrogen) atoms. The zero-order valence-corrected chi connectivity index (χ0v) is 11.7. The third-order valence-corrected chi connectivity index (χ3v) is 2.98. The van der Waals surface area contributed by atoms with Gasteiger partial charge in [-0.1, -0.05) is 6.07 Å². The predicted molar refractivity (Wildman–Crippen MR) is 68.7 cm³/mol. The molecule has 1 N–H and O–H groups in total. The summed E-state index contributed by atoms with van der Waals surface area (Å²) >= 11 is 6.71. The summed E-state index contributed by atoms with van der Waals surface area (Å²) in [5, 5.41) is 8.54. The first-order valence-electron chi connectivity index (χ1n) is 4.47. The zero-order valence-electron chi connectivity index (χ0n) is 8.54. The Kier molecular flexibility index (Phi) is 5.02. The molecule has 1 aromatic rings. The topological polar surface area (TPSA) is 46.5 Å². The summed E-state index contributed by atoms with van der Waals surface area (Å²) in [6.45, 7) is 1.95. The lowest BCUT2D eigenvalue weighted by molar-refractivity contribution is -0.131. The van der Waals surface area contributed by atoms with Gasteiger partial charge < -0.3 is 9.84 Å². The lowest BCUT2D eigenvalue weighted by Gasteiger charge is -2.09. The first-order chi connectivity index (χ1) is 7.50. The van der Waals surface area contributed by atoms with Crippen LogP contribution in [0, 0.1) is 0 Å². The largest absolute Gasteiger partial charge is 0.487 e. The van der Waals surface area contributed by atoms with Gasteiger partial charge in [0.1, 0.15) is 12.4 Å². The maximum atomic E-state index is 10.4. The van der Waals surface area contributed by atoms with E-state index >= 15 is 0 Å². The van der Waals surface area contributed by atoms with Gasteiger partial charge in [0.15, 0.2) is 0 Å². The molecule has 0 aliphatic carbocycles. The number of halogens is 2. The van der Waals surface area contributed by atoms with Gasteiger partial charge in [0, 0.05) is 6.08 Å². The van der Waals surface area contributed by atoms with Crippen molar-refractivity contribution in [3.05, 3.63) is 38.8 Å². The molecule has 1 rings (SSSR count). The van der Waals surface area contributed by atoms with Crippen molar-refractivity contribution in [2.45, 2.75) is 6.92 Å². The van der Waals surface area contributed by atoms with E-state index in [0.29, 0.717) is 11.3 Å². The number of ether oxygens (including phenoxy) is 1. The molecule has 0 unspecified atom stereocenters. The van der Waals surface area contributed by atoms with Crippen LogP contribution in [0.2, 0.25) is 0 Å². The Labute approximate surface area is 110 Å². The molecule has 0 heterocycles. The fourth-order valence-electron chi connectivity index (χ4n) is 1.06. The van der Waals surface area contributed by atoms with Crippen LogP contribution in [0.15, 0.2) is 38.8 Å². The number of hydrogen-bond acceptors (Lipinski definition) is 2. The van der Waals surface area contributed by atoms with E-state index in [-0.39, 0.29) is 6.61 Å². The highest BCUT2D eigenvalue weighted by Crippen LogP contribution is 2.33. The number of aliphatic carboxylic acids is 1.